The molecular formula is C23H34NO5+. The standard InChI is InChI=1S/C23H34NO5/c1-3-24(17-21(25)28-4-2)15-14-20(16-24)29-22(26)23(27,19-12-8-9-13-19)18-10-6-5-7-11-18/h5-7,10-11,19-20,27H,3-4,8-9,12-17H2,1-2H3/q+1/t20-,23?,24-/m1/s1. The molecule has 6 heteroatoms. The van der Waals surface area contributed by atoms with E-state index in [0.717, 1.165) is 38.8 Å². The Kier molecular flexibility index (Phi) is 6.96. The summed E-state index contributed by atoms with van der Waals surface area (Å²) < 4.78 is 11.6. The van der Waals surface area contributed by atoms with Gasteiger partial charge in [-0.1, -0.05) is 43.2 Å². The third-order valence-corrected chi connectivity index (χ3v) is 6.70. The number of likely N-dealkylation sites (tertiary alicyclic amines) is 1. The van der Waals surface area contributed by atoms with E-state index in [1.807, 2.05) is 25.1 Å². The quantitative estimate of drug-likeness (QED) is 0.533. The molecule has 0 bridgehead atoms. The molecule has 2 aliphatic rings. The molecule has 1 aromatic rings. The molecule has 1 saturated heterocycles. The molecular weight excluding hydrogens is 370 g/mol. The van der Waals surface area contributed by atoms with Crippen molar-refractivity contribution in [3.8, 4) is 0 Å². The monoisotopic (exact) mass is 404 g/mol. The van der Waals surface area contributed by atoms with Crippen LogP contribution in [0.1, 0.15) is 51.5 Å². The number of aliphatic hydroxyl groups is 1. The largest absolute Gasteiger partial charge is 0.462 e. The minimum Gasteiger partial charge on any atom is -0.462 e. The predicted octanol–water partition coefficient (Wildman–Crippen LogP) is 2.78. The van der Waals surface area contributed by atoms with Crippen molar-refractivity contribution in [2.45, 2.75) is 57.7 Å². The Morgan fingerprint density at radius 1 is 1.14 bits per heavy atom. The number of quaternary nitrogens is 1. The highest BCUT2D eigenvalue weighted by Crippen LogP contribution is 2.42. The van der Waals surface area contributed by atoms with Crippen molar-refractivity contribution in [3.63, 3.8) is 0 Å². The van der Waals surface area contributed by atoms with E-state index >= 15 is 0 Å². The summed E-state index contributed by atoms with van der Waals surface area (Å²) in [7, 11) is 0. The molecule has 0 amide bonds. The third kappa shape index (κ3) is 4.64. The number of hydrogen-bond donors (Lipinski definition) is 1. The summed E-state index contributed by atoms with van der Waals surface area (Å²) in [5.74, 6) is -0.885. The van der Waals surface area contributed by atoms with Gasteiger partial charge in [0.1, 0.15) is 6.54 Å². The van der Waals surface area contributed by atoms with Crippen LogP contribution in [0.25, 0.3) is 0 Å². The van der Waals surface area contributed by atoms with Gasteiger partial charge in [0.2, 0.25) is 0 Å². The molecule has 160 valence electrons. The maximum Gasteiger partial charge on any atom is 0.361 e. The molecule has 0 aromatic heterocycles. The number of rotatable bonds is 8. The average molecular weight is 405 g/mol. The molecule has 2 fully saturated rings. The first-order chi connectivity index (χ1) is 13.9. The molecule has 1 heterocycles. The number of nitrogens with zero attached hydrogens (tertiary/aromatic N) is 1. The molecule has 1 saturated carbocycles. The number of carbonyl (C=O) groups is 2. The second kappa shape index (κ2) is 9.26. The van der Waals surface area contributed by atoms with Gasteiger partial charge < -0.3 is 19.1 Å². The van der Waals surface area contributed by atoms with Crippen molar-refractivity contribution in [2.24, 2.45) is 5.92 Å². The lowest BCUT2D eigenvalue weighted by molar-refractivity contribution is -0.909. The summed E-state index contributed by atoms with van der Waals surface area (Å²) in [6, 6.07) is 9.18. The Labute approximate surface area is 173 Å². The zero-order valence-corrected chi connectivity index (χ0v) is 17.6. The highest BCUT2D eigenvalue weighted by atomic mass is 16.6. The van der Waals surface area contributed by atoms with Crippen molar-refractivity contribution in [3.05, 3.63) is 35.9 Å². The summed E-state index contributed by atoms with van der Waals surface area (Å²) in [5, 5.41) is 11.6. The third-order valence-electron chi connectivity index (χ3n) is 6.70. The van der Waals surface area contributed by atoms with Crippen LogP contribution in [0, 0.1) is 5.92 Å². The lowest BCUT2D eigenvalue weighted by Gasteiger charge is -2.34. The van der Waals surface area contributed by atoms with Crippen LogP contribution in [-0.2, 0) is 24.7 Å². The van der Waals surface area contributed by atoms with Crippen LogP contribution >= 0.6 is 0 Å². The zero-order chi connectivity index (χ0) is 20.9. The summed E-state index contributed by atoms with van der Waals surface area (Å²) >= 11 is 0. The summed E-state index contributed by atoms with van der Waals surface area (Å²) in [4.78, 5) is 25.3. The fourth-order valence-corrected chi connectivity index (χ4v) is 4.95. The fourth-order valence-electron chi connectivity index (χ4n) is 4.95. The van der Waals surface area contributed by atoms with E-state index in [1.54, 1.807) is 19.1 Å². The van der Waals surface area contributed by atoms with Crippen molar-refractivity contribution in [2.75, 3.05) is 32.8 Å². The number of likely N-dealkylation sites (N-methyl/N-ethyl adjacent to an activating group) is 1. The zero-order valence-electron chi connectivity index (χ0n) is 17.6. The Morgan fingerprint density at radius 2 is 1.83 bits per heavy atom. The van der Waals surface area contributed by atoms with Gasteiger partial charge >= 0.3 is 11.9 Å². The van der Waals surface area contributed by atoms with E-state index in [-0.39, 0.29) is 18.0 Å². The molecule has 3 rings (SSSR count). The SMILES string of the molecule is CCOC(=O)C[N@+]1(CC)CC[C@@H](OC(=O)C(O)(c2ccccc2)C2CCCC2)C1. The number of esters is 2. The van der Waals surface area contributed by atoms with Gasteiger partial charge in [0, 0.05) is 12.3 Å². The summed E-state index contributed by atoms with van der Waals surface area (Å²) in [5.41, 5.74) is -0.999. The van der Waals surface area contributed by atoms with Crippen molar-refractivity contribution >= 4 is 11.9 Å². The second-order valence-electron chi connectivity index (χ2n) is 8.46. The predicted molar refractivity (Wildman–Crippen MR) is 109 cm³/mol. The van der Waals surface area contributed by atoms with Crippen molar-refractivity contribution in [1.29, 1.82) is 0 Å². The van der Waals surface area contributed by atoms with Crippen LogP contribution in [0.2, 0.25) is 0 Å². The summed E-state index contributed by atoms with van der Waals surface area (Å²) in [6.07, 6.45) is 4.08. The molecule has 1 aromatic carbocycles. The van der Waals surface area contributed by atoms with Gasteiger partial charge in [-0.15, -0.1) is 0 Å². The van der Waals surface area contributed by atoms with Crippen molar-refractivity contribution < 1.29 is 28.7 Å². The van der Waals surface area contributed by atoms with E-state index in [9.17, 15) is 14.7 Å². The van der Waals surface area contributed by atoms with E-state index in [4.69, 9.17) is 9.47 Å². The smallest absolute Gasteiger partial charge is 0.361 e. The molecule has 0 radical (unpaired) electrons. The van der Waals surface area contributed by atoms with E-state index in [2.05, 4.69) is 0 Å². The first-order valence-corrected chi connectivity index (χ1v) is 10.9. The molecule has 1 aliphatic carbocycles. The Balaban J connectivity index is 1.73. The first kappa shape index (κ1) is 21.8. The lowest BCUT2D eigenvalue weighted by atomic mass is 9.80. The van der Waals surface area contributed by atoms with Gasteiger partial charge in [-0.2, -0.15) is 0 Å². The molecule has 3 atom stereocenters. The molecule has 6 nitrogen and oxygen atoms in total. The number of benzene rings is 1. The van der Waals surface area contributed by atoms with Crippen LogP contribution in [0.5, 0.6) is 0 Å². The Hall–Kier alpha value is -1.92. The lowest BCUT2D eigenvalue weighted by Crippen LogP contribution is -2.51. The molecule has 1 N–H and O–H groups in total. The van der Waals surface area contributed by atoms with Crippen LogP contribution in [-0.4, -0.2) is 60.4 Å². The highest BCUT2D eigenvalue weighted by molar-refractivity contribution is 5.81. The number of hydrogen-bond acceptors (Lipinski definition) is 5. The molecule has 29 heavy (non-hydrogen) atoms. The van der Waals surface area contributed by atoms with Gasteiger partial charge in [-0.3, -0.25) is 0 Å². The van der Waals surface area contributed by atoms with Gasteiger partial charge in [0.15, 0.2) is 18.2 Å². The number of carbonyl (C=O) groups excluding carboxylic acids is 2. The maximum atomic E-state index is 13.3. The van der Waals surface area contributed by atoms with E-state index in [0.29, 0.717) is 36.2 Å². The molecule has 1 unspecified atom stereocenters. The topological polar surface area (TPSA) is 72.8 Å². The van der Waals surface area contributed by atoms with E-state index < -0.39 is 11.6 Å². The molecule has 1 aliphatic heterocycles. The fraction of sp³-hybridized carbons (Fsp3) is 0.652. The van der Waals surface area contributed by atoms with Gasteiger partial charge in [-0.25, -0.2) is 9.59 Å². The van der Waals surface area contributed by atoms with Crippen LogP contribution in [0.4, 0.5) is 0 Å². The number of ether oxygens (including phenoxy) is 2. The van der Waals surface area contributed by atoms with E-state index in [1.165, 1.54) is 0 Å². The first-order valence-electron chi connectivity index (χ1n) is 10.9. The maximum absolute atomic E-state index is 13.3. The van der Waals surface area contributed by atoms with Crippen LogP contribution in [0.15, 0.2) is 30.3 Å². The highest BCUT2D eigenvalue weighted by Gasteiger charge is 2.50. The average Bonchev–Trinajstić information content (AvgIpc) is 3.39. The van der Waals surface area contributed by atoms with Gasteiger partial charge in [-0.05, 0) is 32.3 Å². The minimum absolute atomic E-state index is 0.122. The van der Waals surface area contributed by atoms with Crippen molar-refractivity contribution in [1.82, 2.24) is 0 Å². The van der Waals surface area contributed by atoms with Crippen LogP contribution < -0.4 is 0 Å². The Morgan fingerprint density at radius 3 is 2.45 bits per heavy atom. The summed E-state index contributed by atoms with van der Waals surface area (Å²) in [6.45, 7) is 6.63. The minimum atomic E-state index is -1.61. The normalized spacial score (nSPS) is 26.8. The second-order valence-corrected chi connectivity index (χ2v) is 8.46. The molecule has 0 spiro atoms. The van der Waals surface area contributed by atoms with Gasteiger partial charge in [0.25, 0.3) is 0 Å². The Bertz CT molecular complexity index is 702. The van der Waals surface area contributed by atoms with Gasteiger partial charge in [0.05, 0.1) is 19.7 Å². The van der Waals surface area contributed by atoms with Crippen LogP contribution in [0.3, 0.4) is 0 Å².